The molecular weight excluding hydrogens is 775 g/mol. The summed E-state index contributed by atoms with van der Waals surface area (Å²) in [6.07, 6.45) is 8.17. The standard InChI is InChI=1S/C61H43N3/c1-3-4-8-19-41(2)61(48-24-13-7-14-25-48)54-28-17-15-26-49(54)52-38-53-51(39-55(52)61)50-27-16-18-29-56(50)62-59(53)46-36-34-45(35-37-46)58-40-57(63-60(64-58)47-22-11-6-12-23-47)44-32-30-43(31-33-44)42-20-9-5-10-21-42/h3-40H,1H2,2H3/b8-4-,41-19+. The molecule has 0 spiro atoms. The molecule has 1 unspecified atom stereocenters. The summed E-state index contributed by atoms with van der Waals surface area (Å²) in [7, 11) is 0. The molecule has 1 aliphatic rings. The lowest BCUT2D eigenvalue weighted by Crippen LogP contribution is -2.28. The molecule has 8 aromatic carbocycles. The maximum atomic E-state index is 5.42. The molecule has 64 heavy (non-hydrogen) atoms. The first-order valence-electron chi connectivity index (χ1n) is 21.8. The van der Waals surface area contributed by atoms with E-state index in [1.165, 1.54) is 49.9 Å². The van der Waals surface area contributed by atoms with E-state index in [0.717, 1.165) is 55.6 Å². The number of rotatable bonds is 9. The third-order valence-electron chi connectivity index (χ3n) is 12.8. The van der Waals surface area contributed by atoms with Gasteiger partial charge in [-0.15, -0.1) is 0 Å². The van der Waals surface area contributed by atoms with Gasteiger partial charge in [0.15, 0.2) is 5.82 Å². The van der Waals surface area contributed by atoms with E-state index in [9.17, 15) is 0 Å². The summed E-state index contributed by atoms with van der Waals surface area (Å²) < 4.78 is 0. The van der Waals surface area contributed by atoms with Gasteiger partial charge >= 0.3 is 0 Å². The van der Waals surface area contributed by atoms with Crippen LogP contribution in [-0.2, 0) is 5.41 Å². The Hall–Kier alpha value is -8.27. The Morgan fingerprint density at radius 3 is 1.69 bits per heavy atom. The Labute approximate surface area is 374 Å². The van der Waals surface area contributed by atoms with Crippen molar-refractivity contribution in [1.29, 1.82) is 0 Å². The van der Waals surface area contributed by atoms with Gasteiger partial charge in [-0.05, 0) is 75.5 Å². The zero-order chi connectivity index (χ0) is 43.0. The maximum absolute atomic E-state index is 5.42. The predicted octanol–water partition coefficient (Wildman–Crippen LogP) is 15.5. The number of pyridine rings is 1. The van der Waals surface area contributed by atoms with Gasteiger partial charge in [0.05, 0.1) is 28.0 Å². The summed E-state index contributed by atoms with van der Waals surface area (Å²) in [6, 6.07) is 73.4. The molecule has 0 saturated carbocycles. The van der Waals surface area contributed by atoms with Crippen molar-refractivity contribution in [3.8, 4) is 67.4 Å². The summed E-state index contributed by atoms with van der Waals surface area (Å²) in [6.45, 7) is 6.19. The van der Waals surface area contributed by atoms with Crippen LogP contribution in [-0.4, -0.2) is 15.0 Å². The van der Waals surface area contributed by atoms with Gasteiger partial charge in [0.25, 0.3) is 0 Å². The second kappa shape index (κ2) is 16.2. The quantitative estimate of drug-likeness (QED) is 0.108. The third-order valence-corrected chi connectivity index (χ3v) is 12.8. The van der Waals surface area contributed by atoms with Crippen LogP contribution < -0.4 is 0 Å². The topological polar surface area (TPSA) is 38.7 Å². The van der Waals surface area contributed by atoms with E-state index in [1.807, 2.05) is 36.4 Å². The van der Waals surface area contributed by atoms with Crippen molar-refractivity contribution in [1.82, 2.24) is 15.0 Å². The van der Waals surface area contributed by atoms with Gasteiger partial charge in [-0.1, -0.05) is 218 Å². The van der Waals surface area contributed by atoms with Crippen molar-refractivity contribution >= 4 is 21.7 Å². The highest BCUT2D eigenvalue weighted by Gasteiger charge is 2.46. The molecule has 2 heterocycles. The molecule has 0 bridgehead atoms. The second-order valence-corrected chi connectivity index (χ2v) is 16.4. The molecule has 1 aliphatic carbocycles. The van der Waals surface area contributed by atoms with Crippen LogP contribution in [0.4, 0.5) is 0 Å². The average molecular weight is 818 g/mol. The highest BCUT2D eigenvalue weighted by atomic mass is 14.9. The minimum Gasteiger partial charge on any atom is -0.247 e. The van der Waals surface area contributed by atoms with Crippen LogP contribution in [0.3, 0.4) is 0 Å². The molecule has 302 valence electrons. The van der Waals surface area contributed by atoms with Crippen LogP contribution in [0, 0.1) is 0 Å². The summed E-state index contributed by atoms with van der Waals surface area (Å²) in [5.74, 6) is 0.689. The number of nitrogens with zero attached hydrogens (tertiary/aromatic N) is 3. The molecule has 0 amide bonds. The van der Waals surface area contributed by atoms with Gasteiger partial charge in [-0.25, -0.2) is 15.0 Å². The largest absolute Gasteiger partial charge is 0.247 e. The number of hydrogen-bond donors (Lipinski definition) is 0. The SMILES string of the molecule is C=C/C=C\C=C(/C)C1(c2ccccc2)c2ccccc2-c2cc3c(-c4ccc(-c5cc(-c6ccc(-c7ccccc7)cc6)nc(-c6ccccc6)n5)cc4)nc4ccccc4c3cc21. The molecule has 0 N–H and O–H groups in total. The van der Waals surface area contributed by atoms with Gasteiger partial charge in [0, 0.05) is 33.0 Å². The molecule has 0 radical (unpaired) electrons. The van der Waals surface area contributed by atoms with Crippen LogP contribution in [0.15, 0.2) is 243 Å². The number of hydrogen-bond acceptors (Lipinski definition) is 3. The Morgan fingerprint density at radius 1 is 0.438 bits per heavy atom. The molecule has 11 rings (SSSR count). The zero-order valence-corrected chi connectivity index (χ0v) is 35.5. The van der Waals surface area contributed by atoms with Crippen molar-refractivity contribution < 1.29 is 0 Å². The van der Waals surface area contributed by atoms with Crippen molar-refractivity contribution in [2.75, 3.05) is 0 Å². The highest BCUT2D eigenvalue weighted by molar-refractivity contribution is 6.13. The second-order valence-electron chi connectivity index (χ2n) is 16.4. The number of para-hydroxylation sites is 1. The van der Waals surface area contributed by atoms with Gasteiger partial charge in [-0.3, -0.25) is 0 Å². The van der Waals surface area contributed by atoms with Gasteiger partial charge < -0.3 is 0 Å². The van der Waals surface area contributed by atoms with Crippen LogP contribution in [0.2, 0.25) is 0 Å². The minimum atomic E-state index is -0.502. The first kappa shape index (κ1) is 38.6. The molecule has 0 fully saturated rings. The number of aromatic nitrogens is 3. The Morgan fingerprint density at radius 2 is 1.00 bits per heavy atom. The van der Waals surface area contributed by atoms with Gasteiger partial charge in [0.1, 0.15) is 0 Å². The maximum Gasteiger partial charge on any atom is 0.160 e. The van der Waals surface area contributed by atoms with Crippen molar-refractivity contribution in [3.05, 3.63) is 259 Å². The van der Waals surface area contributed by atoms with Crippen molar-refractivity contribution in [2.45, 2.75) is 12.3 Å². The van der Waals surface area contributed by atoms with E-state index in [-0.39, 0.29) is 0 Å². The van der Waals surface area contributed by atoms with Crippen molar-refractivity contribution in [3.63, 3.8) is 0 Å². The summed E-state index contributed by atoms with van der Waals surface area (Å²) in [5, 5.41) is 3.43. The Bertz CT molecular complexity index is 3420. The molecule has 10 aromatic rings. The fourth-order valence-electron chi connectivity index (χ4n) is 9.72. The Balaban J connectivity index is 1.07. The molecular formula is C61H43N3. The predicted molar refractivity (Wildman–Crippen MR) is 267 cm³/mol. The Kier molecular flexibility index (Phi) is 9.79. The highest BCUT2D eigenvalue weighted by Crippen LogP contribution is 2.57. The lowest BCUT2D eigenvalue weighted by Gasteiger charge is -2.34. The lowest BCUT2D eigenvalue weighted by atomic mass is 9.67. The van der Waals surface area contributed by atoms with E-state index in [2.05, 4.69) is 208 Å². The molecule has 0 saturated heterocycles. The van der Waals surface area contributed by atoms with Gasteiger partial charge in [0.2, 0.25) is 0 Å². The molecule has 0 aliphatic heterocycles. The number of allylic oxidation sites excluding steroid dienone is 5. The fraction of sp³-hybridized carbons (Fsp3) is 0.0328. The fourth-order valence-corrected chi connectivity index (χ4v) is 9.72. The first-order chi connectivity index (χ1) is 31.6. The van der Waals surface area contributed by atoms with E-state index in [4.69, 9.17) is 15.0 Å². The number of fused-ring (bicyclic) bond motifs is 6. The van der Waals surface area contributed by atoms with Crippen molar-refractivity contribution in [2.24, 2.45) is 0 Å². The smallest absolute Gasteiger partial charge is 0.160 e. The third kappa shape index (κ3) is 6.58. The first-order valence-corrected chi connectivity index (χ1v) is 21.8. The van der Waals surface area contributed by atoms with Crippen LogP contribution >= 0.6 is 0 Å². The normalized spacial score (nSPS) is 14.5. The van der Waals surface area contributed by atoms with Gasteiger partial charge in [-0.2, -0.15) is 0 Å². The van der Waals surface area contributed by atoms with Crippen LogP contribution in [0.5, 0.6) is 0 Å². The van der Waals surface area contributed by atoms with Crippen LogP contribution in [0.1, 0.15) is 23.6 Å². The van der Waals surface area contributed by atoms with Crippen LogP contribution in [0.25, 0.3) is 89.1 Å². The lowest BCUT2D eigenvalue weighted by molar-refractivity contribution is 0.747. The summed E-state index contributed by atoms with van der Waals surface area (Å²) >= 11 is 0. The summed E-state index contributed by atoms with van der Waals surface area (Å²) in [4.78, 5) is 15.7. The van der Waals surface area contributed by atoms with E-state index >= 15 is 0 Å². The molecule has 3 heteroatoms. The zero-order valence-electron chi connectivity index (χ0n) is 35.5. The number of benzene rings is 8. The van der Waals surface area contributed by atoms with E-state index in [1.54, 1.807) is 0 Å². The summed E-state index contributed by atoms with van der Waals surface area (Å²) in [5.41, 5.74) is 17.0. The van der Waals surface area contributed by atoms with E-state index in [0.29, 0.717) is 5.82 Å². The average Bonchev–Trinajstić information content (AvgIpc) is 3.66. The molecule has 1 atom stereocenters. The monoisotopic (exact) mass is 817 g/mol. The molecule has 3 nitrogen and oxygen atoms in total. The minimum absolute atomic E-state index is 0.502. The molecule has 2 aromatic heterocycles. The van der Waals surface area contributed by atoms with E-state index < -0.39 is 5.41 Å².